The number of nitrogens with zero attached hydrogens (tertiary/aromatic N) is 2. The van der Waals surface area contributed by atoms with E-state index in [9.17, 15) is 29.1 Å². The molecular weight excluding hydrogens is 628 g/mol. The van der Waals surface area contributed by atoms with Gasteiger partial charge in [0, 0.05) is 40.2 Å². The maximum atomic E-state index is 14.0. The third-order valence-corrected chi connectivity index (χ3v) is 9.91. The summed E-state index contributed by atoms with van der Waals surface area (Å²) in [5.41, 5.74) is 0.787. The van der Waals surface area contributed by atoms with Gasteiger partial charge in [0.15, 0.2) is 0 Å². The second kappa shape index (κ2) is 19.6. The first-order valence-electron chi connectivity index (χ1n) is 17.6. The summed E-state index contributed by atoms with van der Waals surface area (Å²) in [5.74, 6) is -3.43. The van der Waals surface area contributed by atoms with Crippen LogP contribution in [0, 0.1) is 23.7 Å². The van der Waals surface area contributed by atoms with Crippen molar-refractivity contribution in [3.8, 4) is 0 Å². The van der Waals surface area contributed by atoms with Gasteiger partial charge in [0.05, 0.1) is 36.6 Å². The topological polar surface area (TPSA) is 155 Å². The minimum Gasteiger partial charge on any atom is -0.480 e. The summed E-state index contributed by atoms with van der Waals surface area (Å²) < 4.78 is 11.8. The lowest BCUT2D eigenvalue weighted by atomic mass is 9.89. The Morgan fingerprint density at radius 1 is 0.959 bits per heavy atom. The molecule has 49 heavy (non-hydrogen) atoms. The fourth-order valence-electron chi connectivity index (χ4n) is 6.71. The van der Waals surface area contributed by atoms with E-state index in [2.05, 4.69) is 10.6 Å². The molecule has 1 fully saturated rings. The third kappa shape index (κ3) is 11.3. The number of hydrogen-bond acceptors (Lipinski definition) is 7. The monoisotopic (exact) mass is 688 g/mol. The first-order chi connectivity index (χ1) is 23.1. The standard InChI is InChI=1S/C37H60N4O8/c1-11-24(6)32(40(8)36(45)31(22(2)3)39-34(43)23(4)5)29(48-9)21-30(42)41-19-15-18-28(41)33(49-10)25(7)35(44)38-27(37(46)47)20-26-16-13-12-14-17-26/h12-14,16-17,22-25,27-29,31-33H,11,15,18-21H2,1-10H3,(H,38,44)(H,39,43)(H,46,47)/t24-,25+,27-,28-,29+,31-,32-,33+/m0/s1. The Kier molecular flexibility index (Phi) is 16.7. The van der Waals surface area contributed by atoms with Crippen LogP contribution in [0.4, 0.5) is 0 Å². The van der Waals surface area contributed by atoms with Crippen LogP contribution in [-0.4, -0.2) is 109 Å². The molecule has 2 rings (SSSR count). The van der Waals surface area contributed by atoms with Crippen molar-refractivity contribution in [1.29, 1.82) is 0 Å². The van der Waals surface area contributed by atoms with Crippen LogP contribution in [0.3, 0.4) is 0 Å². The molecule has 0 radical (unpaired) electrons. The molecule has 1 saturated heterocycles. The third-order valence-electron chi connectivity index (χ3n) is 9.91. The average molecular weight is 689 g/mol. The van der Waals surface area contributed by atoms with Gasteiger partial charge in [-0.2, -0.15) is 0 Å². The van der Waals surface area contributed by atoms with Gasteiger partial charge in [0.1, 0.15) is 12.1 Å². The number of carboxylic acids is 1. The predicted molar refractivity (Wildman–Crippen MR) is 187 cm³/mol. The fraction of sp³-hybridized carbons (Fsp3) is 0.703. The highest BCUT2D eigenvalue weighted by atomic mass is 16.5. The summed E-state index contributed by atoms with van der Waals surface area (Å²) >= 11 is 0. The van der Waals surface area contributed by atoms with Crippen LogP contribution in [-0.2, 0) is 39.9 Å². The molecule has 3 N–H and O–H groups in total. The van der Waals surface area contributed by atoms with E-state index in [1.807, 2.05) is 58.0 Å². The molecule has 0 unspecified atom stereocenters. The highest BCUT2D eigenvalue weighted by Crippen LogP contribution is 2.29. The van der Waals surface area contributed by atoms with E-state index in [1.54, 1.807) is 37.6 Å². The Bertz CT molecular complexity index is 1240. The van der Waals surface area contributed by atoms with Crippen molar-refractivity contribution in [3.05, 3.63) is 35.9 Å². The molecule has 0 spiro atoms. The van der Waals surface area contributed by atoms with E-state index in [4.69, 9.17) is 9.47 Å². The lowest BCUT2D eigenvalue weighted by Gasteiger charge is -2.41. The number of aliphatic carboxylic acids is 1. The Balaban J connectivity index is 2.25. The number of ether oxygens (including phenoxy) is 2. The molecule has 1 aromatic carbocycles. The van der Waals surface area contributed by atoms with Crippen LogP contribution >= 0.6 is 0 Å². The summed E-state index contributed by atoms with van der Waals surface area (Å²) in [6, 6.07) is 6.38. The quantitative estimate of drug-likeness (QED) is 0.200. The predicted octanol–water partition coefficient (Wildman–Crippen LogP) is 3.52. The highest BCUT2D eigenvalue weighted by Gasteiger charge is 2.43. The van der Waals surface area contributed by atoms with Gasteiger partial charge in [-0.15, -0.1) is 0 Å². The number of rotatable bonds is 19. The molecule has 1 aromatic rings. The lowest BCUT2D eigenvalue weighted by Crippen LogP contribution is -2.58. The summed E-state index contributed by atoms with van der Waals surface area (Å²) in [7, 11) is 4.73. The van der Waals surface area contributed by atoms with Crippen molar-refractivity contribution >= 4 is 29.6 Å². The Labute approximate surface area is 292 Å². The zero-order chi connectivity index (χ0) is 37.0. The second-order valence-corrected chi connectivity index (χ2v) is 14.1. The van der Waals surface area contributed by atoms with Crippen LogP contribution < -0.4 is 10.6 Å². The van der Waals surface area contributed by atoms with E-state index in [-0.39, 0.29) is 48.3 Å². The number of likely N-dealkylation sites (N-methyl/N-ethyl adjacent to an activating group) is 1. The second-order valence-electron chi connectivity index (χ2n) is 14.1. The molecular formula is C37H60N4O8. The fourth-order valence-corrected chi connectivity index (χ4v) is 6.71. The molecule has 12 heteroatoms. The molecule has 0 saturated carbocycles. The van der Waals surface area contributed by atoms with Crippen molar-refractivity contribution in [2.24, 2.45) is 23.7 Å². The van der Waals surface area contributed by atoms with Crippen molar-refractivity contribution in [3.63, 3.8) is 0 Å². The molecule has 12 nitrogen and oxygen atoms in total. The zero-order valence-electron chi connectivity index (χ0n) is 31.1. The van der Waals surface area contributed by atoms with Crippen LogP contribution in [0.1, 0.15) is 79.7 Å². The number of likely N-dealkylation sites (tertiary alicyclic amines) is 1. The largest absolute Gasteiger partial charge is 0.480 e. The molecule has 1 heterocycles. The Morgan fingerprint density at radius 3 is 2.10 bits per heavy atom. The Hall–Kier alpha value is -3.51. The molecule has 1 aliphatic heterocycles. The van der Waals surface area contributed by atoms with Gasteiger partial charge in [0.25, 0.3) is 0 Å². The van der Waals surface area contributed by atoms with Crippen LogP contribution in [0.15, 0.2) is 30.3 Å². The number of amides is 4. The number of hydrogen-bond donors (Lipinski definition) is 3. The molecule has 4 amide bonds. The van der Waals surface area contributed by atoms with E-state index in [0.717, 1.165) is 12.0 Å². The SMILES string of the molecule is CC[C@H](C)[C@@H]([C@@H](CC(=O)N1CCC[C@H]1[C@H](OC)[C@@H](C)C(=O)N[C@@H](Cc1ccccc1)C(=O)O)OC)N(C)C(=O)[C@@H](NC(=O)C(C)C)C(C)C. The number of nitrogens with one attached hydrogen (secondary N) is 2. The smallest absolute Gasteiger partial charge is 0.326 e. The van der Waals surface area contributed by atoms with Crippen molar-refractivity contribution in [2.45, 2.75) is 117 Å². The number of carbonyl (C=O) groups excluding carboxylic acids is 4. The molecule has 1 aliphatic rings. The van der Waals surface area contributed by atoms with Gasteiger partial charge >= 0.3 is 5.97 Å². The van der Waals surface area contributed by atoms with E-state index >= 15 is 0 Å². The minimum atomic E-state index is -1.14. The first kappa shape index (κ1) is 41.7. The van der Waals surface area contributed by atoms with Crippen LogP contribution in [0.25, 0.3) is 0 Å². The van der Waals surface area contributed by atoms with Gasteiger partial charge in [0.2, 0.25) is 23.6 Å². The number of benzene rings is 1. The van der Waals surface area contributed by atoms with Gasteiger partial charge in [-0.1, -0.05) is 85.2 Å². The molecule has 276 valence electrons. The van der Waals surface area contributed by atoms with E-state index < -0.39 is 54.2 Å². The van der Waals surface area contributed by atoms with E-state index in [1.165, 1.54) is 14.2 Å². The maximum absolute atomic E-state index is 14.0. The normalized spacial score (nSPS) is 19.0. The number of carbonyl (C=O) groups is 5. The molecule has 0 aromatic heterocycles. The molecule has 8 atom stereocenters. The highest BCUT2D eigenvalue weighted by molar-refractivity contribution is 5.89. The average Bonchev–Trinajstić information content (AvgIpc) is 3.55. The lowest BCUT2D eigenvalue weighted by molar-refractivity contribution is -0.148. The first-order valence-corrected chi connectivity index (χ1v) is 17.6. The summed E-state index contributed by atoms with van der Waals surface area (Å²) in [5, 5.41) is 15.4. The summed E-state index contributed by atoms with van der Waals surface area (Å²) in [4.78, 5) is 69.3. The number of methoxy groups -OCH3 is 2. The zero-order valence-corrected chi connectivity index (χ0v) is 31.1. The van der Waals surface area contributed by atoms with Crippen molar-refractivity contribution in [1.82, 2.24) is 20.4 Å². The molecule has 0 aliphatic carbocycles. The summed E-state index contributed by atoms with van der Waals surface area (Å²) in [6.07, 6.45) is 0.881. The van der Waals surface area contributed by atoms with Gasteiger partial charge in [-0.3, -0.25) is 19.2 Å². The minimum absolute atomic E-state index is 0.000495. The number of carboxylic acid groups (broad SMARTS) is 1. The van der Waals surface area contributed by atoms with Crippen molar-refractivity contribution in [2.75, 3.05) is 27.8 Å². The summed E-state index contributed by atoms with van der Waals surface area (Å²) in [6.45, 7) is 13.5. The van der Waals surface area contributed by atoms with Gasteiger partial charge < -0.3 is 35.0 Å². The Morgan fingerprint density at radius 2 is 1.59 bits per heavy atom. The molecule has 0 bridgehead atoms. The maximum Gasteiger partial charge on any atom is 0.326 e. The van der Waals surface area contributed by atoms with Gasteiger partial charge in [-0.05, 0) is 30.2 Å². The van der Waals surface area contributed by atoms with E-state index in [0.29, 0.717) is 19.4 Å². The van der Waals surface area contributed by atoms with Crippen LogP contribution in [0.5, 0.6) is 0 Å². The van der Waals surface area contributed by atoms with Crippen molar-refractivity contribution < 1.29 is 38.6 Å². The van der Waals surface area contributed by atoms with Gasteiger partial charge in [-0.25, -0.2) is 4.79 Å². The van der Waals surface area contributed by atoms with Crippen LogP contribution in [0.2, 0.25) is 0 Å².